The van der Waals surface area contributed by atoms with Crippen LogP contribution >= 0.6 is 0 Å². The molecule has 1 unspecified atom stereocenters. The molecule has 0 amide bonds. The number of aromatic nitrogens is 1. The number of nitrogens with zero attached hydrogens (tertiary/aromatic N) is 2. The topological polar surface area (TPSA) is 75.7 Å². The summed E-state index contributed by atoms with van der Waals surface area (Å²) >= 11 is 0. The van der Waals surface area contributed by atoms with E-state index in [-0.39, 0.29) is 11.5 Å². The maximum atomic E-state index is 12.8. The van der Waals surface area contributed by atoms with Crippen LogP contribution in [0.3, 0.4) is 0 Å². The molecule has 1 aromatic heterocycles. The number of phenols is 1. The summed E-state index contributed by atoms with van der Waals surface area (Å²) in [5.74, 6) is -0.169. The molecule has 5 heteroatoms. The number of phenolic OH excluding ortho intramolecular Hbond substituents is 1. The lowest BCUT2D eigenvalue weighted by atomic mass is 9.96. The molecule has 0 spiro atoms. The third-order valence-electron chi connectivity index (χ3n) is 3.52. The predicted molar refractivity (Wildman–Crippen MR) is 91.0 cm³/mol. The quantitative estimate of drug-likeness (QED) is 0.568. The first kappa shape index (κ1) is 15.7. The molecule has 120 valence electrons. The first-order valence-electron chi connectivity index (χ1n) is 7.49. The molecule has 5 nitrogen and oxygen atoms in total. The summed E-state index contributed by atoms with van der Waals surface area (Å²) in [7, 11) is 0. The Morgan fingerprint density at radius 1 is 1.17 bits per heavy atom. The minimum Gasteiger partial charge on any atom is -0.508 e. The Bertz CT molecular complexity index is 852. The van der Waals surface area contributed by atoms with Crippen LogP contribution in [0.1, 0.15) is 27.7 Å². The van der Waals surface area contributed by atoms with Gasteiger partial charge in [-0.2, -0.15) is 0 Å². The van der Waals surface area contributed by atoms with Crippen LogP contribution in [0, 0.1) is 6.92 Å². The van der Waals surface area contributed by atoms with Crippen molar-refractivity contribution in [3.63, 3.8) is 0 Å². The van der Waals surface area contributed by atoms with Crippen LogP contribution in [0.25, 0.3) is 0 Å². The largest absolute Gasteiger partial charge is 0.508 e. The predicted octanol–water partition coefficient (Wildman–Crippen LogP) is 4.06. The number of aromatic hydroxyl groups is 1. The molecule has 1 N–H and O–H groups in total. The Kier molecular flexibility index (Phi) is 4.52. The number of carbonyl (C=O) groups excluding carboxylic acids is 1. The van der Waals surface area contributed by atoms with Gasteiger partial charge in [-0.05, 0) is 31.2 Å². The van der Waals surface area contributed by atoms with E-state index in [0.717, 1.165) is 0 Å². The van der Waals surface area contributed by atoms with Gasteiger partial charge in [-0.3, -0.25) is 9.79 Å². The van der Waals surface area contributed by atoms with Gasteiger partial charge in [0, 0.05) is 17.8 Å². The molecule has 0 fully saturated rings. The Morgan fingerprint density at radius 2 is 1.88 bits per heavy atom. The average Bonchev–Trinajstić information content (AvgIpc) is 3.03. The van der Waals surface area contributed by atoms with Gasteiger partial charge in [-0.15, -0.1) is 0 Å². The number of Topliss-reactive ketones (excluding diaryl/α,β-unsaturated/α-hetero) is 1. The monoisotopic (exact) mass is 320 g/mol. The van der Waals surface area contributed by atoms with Crippen molar-refractivity contribution in [2.75, 3.05) is 0 Å². The standard InChI is InChI=1S/C19H16N2O3/c1-13-11-18(24-21-13)17(19(23)14-5-3-2-4-6-14)12-20-15-7-9-16(22)10-8-15/h2-12,17,22H,1H3. The number of benzene rings is 2. The second kappa shape index (κ2) is 6.91. The lowest BCUT2D eigenvalue weighted by molar-refractivity contribution is 0.0974. The van der Waals surface area contributed by atoms with Crippen LogP contribution in [-0.4, -0.2) is 22.3 Å². The van der Waals surface area contributed by atoms with Gasteiger partial charge in [0.05, 0.1) is 11.4 Å². The third kappa shape index (κ3) is 3.57. The summed E-state index contributed by atoms with van der Waals surface area (Å²) in [5, 5.41) is 13.2. The second-order valence-corrected chi connectivity index (χ2v) is 5.37. The van der Waals surface area contributed by atoms with E-state index in [1.165, 1.54) is 0 Å². The fourth-order valence-corrected chi connectivity index (χ4v) is 2.28. The van der Waals surface area contributed by atoms with Gasteiger partial charge in [-0.25, -0.2) is 0 Å². The van der Waals surface area contributed by atoms with Crippen molar-refractivity contribution in [2.24, 2.45) is 4.99 Å². The number of rotatable bonds is 5. The Labute approximate surface area is 139 Å². The minimum atomic E-state index is -0.664. The van der Waals surface area contributed by atoms with E-state index < -0.39 is 5.92 Å². The van der Waals surface area contributed by atoms with Crippen molar-refractivity contribution >= 4 is 17.7 Å². The molecular formula is C19H16N2O3. The molecule has 0 bridgehead atoms. The number of ketones is 1. The lowest BCUT2D eigenvalue weighted by Gasteiger charge is -2.08. The van der Waals surface area contributed by atoms with Crippen molar-refractivity contribution in [2.45, 2.75) is 12.8 Å². The molecule has 3 aromatic rings. The second-order valence-electron chi connectivity index (χ2n) is 5.37. The highest BCUT2D eigenvalue weighted by atomic mass is 16.5. The van der Waals surface area contributed by atoms with Crippen LogP contribution in [0.15, 0.2) is 70.2 Å². The zero-order valence-electron chi connectivity index (χ0n) is 13.1. The normalized spacial score (nSPS) is 12.4. The number of hydrogen-bond donors (Lipinski definition) is 1. The summed E-state index contributed by atoms with van der Waals surface area (Å²) in [6.45, 7) is 1.80. The van der Waals surface area contributed by atoms with E-state index >= 15 is 0 Å². The fraction of sp³-hybridized carbons (Fsp3) is 0.105. The smallest absolute Gasteiger partial charge is 0.178 e. The Morgan fingerprint density at radius 3 is 2.50 bits per heavy atom. The zero-order chi connectivity index (χ0) is 16.9. The molecule has 0 saturated heterocycles. The molecule has 0 radical (unpaired) electrons. The Balaban J connectivity index is 1.93. The molecule has 0 aliphatic rings. The highest BCUT2D eigenvalue weighted by Crippen LogP contribution is 2.23. The molecular weight excluding hydrogens is 304 g/mol. The van der Waals surface area contributed by atoms with Crippen LogP contribution in [0.4, 0.5) is 5.69 Å². The van der Waals surface area contributed by atoms with Crippen molar-refractivity contribution in [1.82, 2.24) is 5.16 Å². The van der Waals surface area contributed by atoms with Crippen molar-refractivity contribution < 1.29 is 14.4 Å². The summed E-state index contributed by atoms with van der Waals surface area (Å²) in [5.41, 5.74) is 1.91. The van der Waals surface area contributed by atoms with Gasteiger partial charge >= 0.3 is 0 Å². The van der Waals surface area contributed by atoms with Gasteiger partial charge in [0.25, 0.3) is 0 Å². The van der Waals surface area contributed by atoms with E-state index in [4.69, 9.17) is 4.52 Å². The first-order chi connectivity index (χ1) is 11.6. The number of hydrogen-bond acceptors (Lipinski definition) is 5. The van der Waals surface area contributed by atoms with Crippen molar-refractivity contribution in [1.29, 1.82) is 0 Å². The fourth-order valence-electron chi connectivity index (χ4n) is 2.28. The number of carbonyl (C=O) groups is 1. The summed E-state index contributed by atoms with van der Waals surface area (Å²) in [6.07, 6.45) is 1.54. The molecule has 3 rings (SSSR count). The molecule has 1 atom stereocenters. The maximum Gasteiger partial charge on any atom is 0.178 e. The van der Waals surface area contributed by atoms with Crippen LogP contribution in [0.2, 0.25) is 0 Å². The van der Waals surface area contributed by atoms with Gasteiger partial charge in [0.1, 0.15) is 11.7 Å². The van der Waals surface area contributed by atoms with E-state index in [0.29, 0.717) is 22.7 Å². The number of aryl methyl sites for hydroxylation is 1. The lowest BCUT2D eigenvalue weighted by Crippen LogP contribution is -2.13. The average molecular weight is 320 g/mol. The highest BCUT2D eigenvalue weighted by molar-refractivity contribution is 6.10. The SMILES string of the molecule is Cc1cc(C(C=Nc2ccc(O)cc2)C(=O)c2ccccc2)on1. The minimum absolute atomic E-state index is 0.116. The van der Waals surface area contributed by atoms with E-state index in [2.05, 4.69) is 10.1 Å². The molecule has 0 aliphatic carbocycles. The van der Waals surface area contributed by atoms with Crippen LogP contribution in [0.5, 0.6) is 5.75 Å². The van der Waals surface area contributed by atoms with Gasteiger partial charge in [-0.1, -0.05) is 35.5 Å². The maximum absolute atomic E-state index is 12.8. The molecule has 1 heterocycles. The van der Waals surface area contributed by atoms with Gasteiger partial charge < -0.3 is 9.63 Å². The van der Waals surface area contributed by atoms with Gasteiger partial charge in [0.15, 0.2) is 11.5 Å². The highest BCUT2D eigenvalue weighted by Gasteiger charge is 2.24. The van der Waals surface area contributed by atoms with Crippen molar-refractivity contribution in [3.8, 4) is 5.75 Å². The third-order valence-corrected chi connectivity index (χ3v) is 3.52. The van der Waals surface area contributed by atoms with E-state index in [1.807, 2.05) is 18.2 Å². The molecule has 2 aromatic carbocycles. The van der Waals surface area contributed by atoms with E-state index in [1.54, 1.807) is 55.6 Å². The first-order valence-corrected chi connectivity index (χ1v) is 7.49. The summed E-state index contributed by atoms with van der Waals surface area (Å²) in [6, 6.07) is 17.1. The molecule has 0 saturated carbocycles. The van der Waals surface area contributed by atoms with E-state index in [9.17, 15) is 9.90 Å². The molecule has 24 heavy (non-hydrogen) atoms. The zero-order valence-corrected chi connectivity index (χ0v) is 13.1. The summed E-state index contributed by atoms with van der Waals surface area (Å²) < 4.78 is 5.27. The molecule has 0 aliphatic heterocycles. The number of aliphatic imine (C=N–C) groups is 1. The Hall–Kier alpha value is -3.21. The van der Waals surface area contributed by atoms with Crippen molar-refractivity contribution in [3.05, 3.63) is 77.7 Å². The van der Waals surface area contributed by atoms with Crippen LogP contribution < -0.4 is 0 Å². The van der Waals surface area contributed by atoms with Crippen LogP contribution in [-0.2, 0) is 0 Å². The summed E-state index contributed by atoms with van der Waals surface area (Å²) in [4.78, 5) is 17.1. The van der Waals surface area contributed by atoms with Gasteiger partial charge in [0.2, 0.25) is 0 Å².